The highest BCUT2D eigenvalue weighted by Gasteiger charge is 1.94. The van der Waals surface area contributed by atoms with Crippen LogP contribution >= 0.6 is 17.6 Å². The topological polar surface area (TPSA) is 0 Å². The highest BCUT2D eigenvalue weighted by molar-refractivity contribution is 8.14. The third-order valence-corrected chi connectivity index (χ3v) is 3.47. The quantitative estimate of drug-likeness (QED) is 0.398. The number of alkyl halides is 1. The molecule has 0 aromatic carbocycles. The van der Waals surface area contributed by atoms with Crippen molar-refractivity contribution in [2.75, 3.05) is 19.0 Å². The summed E-state index contributed by atoms with van der Waals surface area (Å²) in [7, 11) is 0. The number of hydrogen-bond donors (Lipinski definition) is 0. The number of halogens is 1. The second-order valence-electron chi connectivity index (χ2n) is 1.69. The monoisotopic (exact) mass is 142 g/mol. The summed E-state index contributed by atoms with van der Waals surface area (Å²) in [6.07, 6.45) is 0. The van der Waals surface area contributed by atoms with Gasteiger partial charge in [0.15, 0.2) is 0 Å². The van der Waals surface area contributed by atoms with Gasteiger partial charge >= 0.3 is 0 Å². The zero-order valence-electron chi connectivity index (χ0n) is 3.94. The smallest absolute Gasteiger partial charge is 0.0511 e. The average molecular weight is 143 g/mol. The van der Waals surface area contributed by atoms with Crippen molar-refractivity contribution in [1.29, 1.82) is 0 Å². The molecule has 0 spiro atoms. The maximum Gasteiger partial charge on any atom is 0.0511 e. The Morgan fingerprint density at radius 3 is 1.83 bits per heavy atom. The second-order valence-corrected chi connectivity index (χ2v) is 8.76. The van der Waals surface area contributed by atoms with Gasteiger partial charge in [-0.3, -0.25) is 0 Å². The van der Waals surface area contributed by atoms with Gasteiger partial charge in [-0.25, -0.2) is 0 Å². The van der Waals surface area contributed by atoms with Gasteiger partial charge < -0.3 is 0 Å². The molecular weight excluding hydrogens is 135 g/mol. The third kappa shape index (κ3) is 4.94. The van der Waals surface area contributed by atoms with Crippen LogP contribution in [0, 0.1) is 0 Å². The van der Waals surface area contributed by atoms with E-state index in [0.717, 1.165) is 0 Å². The molecule has 0 saturated heterocycles. The lowest BCUT2D eigenvalue weighted by Gasteiger charge is -1.99. The lowest BCUT2D eigenvalue weighted by Crippen LogP contribution is -1.70. The normalized spacial score (nSPS) is 11.8. The van der Waals surface area contributed by atoms with E-state index in [1.807, 2.05) is 13.3 Å². The number of rotatable bonds is 1. The first-order valence-electron chi connectivity index (χ1n) is 1.66. The van der Waals surface area contributed by atoms with Crippen molar-refractivity contribution in [2.24, 2.45) is 0 Å². The van der Waals surface area contributed by atoms with E-state index in [2.05, 4.69) is 0 Å². The van der Waals surface area contributed by atoms with Crippen LogP contribution in [0.5, 0.6) is 0 Å². The molecule has 0 amide bonds. The van der Waals surface area contributed by atoms with E-state index < -0.39 is 6.04 Å². The maximum atomic E-state index is 5.42. The fourth-order valence-electron chi connectivity index (χ4n) is 0. The first-order valence-corrected chi connectivity index (χ1v) is 6.08. The van der Waals surface area contributed by atoms with Crippen molar-refractivity contribution < 1.29 is 0 Å². The Kier molecular flexibility index (Phi) is 2.66. The zero-order valence-corrected chi connectivity index (χ0v) is 6.41. The molecule has 0 bridgehead atoms. The first-order chi connectivity index (χ1) is 2.56. The van der Waals surface area contributed by atoms with Crippen molar-refractivity contribution in [3.63, 3.8) is 0 Å². The molecule has 0 N–H and O–H groups in total. The van der Waals surface area contributed by atoms with E-state index in [1.54, 1.807) is 0 Å². The Morgan fingerprint density at radius 2 is 1.83 bits per heavy atom. The molecule has 0 fully saturated rings. The lowest BCUT2D eigenvalue weighted by molar-refractivity contribution is 2.02. The summed E-state index contributed by atoms with van der Waals surface area (Å²) in [5.41, 5.74) is 0.669. The van der Waals surface area contributed by atoms with Gasteiger partial charge in [0.25, 0.3) is 0 Å². The fourth-order valence-corrected chi connectivity index (χ4v) is 0. The van der Waals surface area contributed by atoms with E-state index in [0.29, 0.717) is 5.62 Å². The minimum absolute atomic E-state index is 0.669. The van der Waals surface area contributed by atoms with E-state index in [1.165, 1.54) is 0 Å². The van der Waals surface area contributed by atoms with Gasteiger partial charge in [0.1, 0.15) is 0 Å². The summed E-state index contributed by atoms with van der Waals surface area (Å²) in [5.74, 6) is 0. The third-order valence-electron chi connectivity index (χ3n) is 0.288. The first kappa shape index (κ1) is 6.94. The Bertz CT molecular complexity index is 74.9. The van der Waals surface area contributed by atoms with Crippen molar-refractivity contribution >= 4 is 29.4 Å². The van der Waals surface area contributed by atoms with Crippen LogP contribution in [0.1, 0.15) is 0 Å². The summed E-state index contributed by atoms with van der Waals surface area (Å²) in [6.45, 7) is 4.07. The molecule has 0 aromatic rings. The molecule has 0 aliphatic rings. The Balaban J connectivity index is 3.48. The summed E-state index contributed by atoms with van der Waals surface area (Å²) in [5, 5.41) is 0. The molecule has 0 heterocycles. The SMILES string of the molecule is CP(C)(=S)CCl. The molecule has 38 valence electrons. The van der Waals surface area contributed by atoms with Crippen LogP contribution in [-0.2, 0) is 11.8 Å². The zero-order chi connectivity index (χ0) is 5.21. The van der Waals surface area contributed by atoms with Crippen LogP contribution in [0.2, 0.25) is 0 Å². The second kappa shape index (κ2) is 2.30. The van der Waals surface area contributed by atoms with Crippen LogP contribution in [0.4, 0.5) is 0 Å². The van der Waals surface area contributed by atoms with E-state index >= 15 is 0 Å². The molecule has 0 nitrogen and oxygen atoms in total. The summed E-state index contributed by atoms with van der Waals surface area (Å²) in [4.78, 5) is 0. The van der Waals surface area contributed by atoms with Crippen molar-refractivity contribution in [3.05, 3.63) is 0 Å². The standard InChI is InChI=1S/C3H8ClPS/c1-5(2,6)3-4/h3H2,1-2H3. The molecule has 0 saturated carbocycles. The fraction of sp³-hybridized carbons (Fsp3) is 1.00. The van der Waals surface area contributed by atoms with E-state index in [4.69, 9.17) is 23.4 Å². The molecule has 0 aromatic heterocycles. The molecule has 0 aliphatic carbocycles. The molecule has 0 atom stereocenters. The molecule has 0 unspecified atom stereocenters. The Labute approximate surface area is 48.9 Å². The highest BCUT2D eigenvalue weighted by Crippen LogP contribution is 2.36. The van der Waals surface area contributed by atoms with Crippen LogP contribution in [0.15, 0.2) is 0 Å². The average Bonchev–Trinajstić information content (AvgIpc) is 1.35. The van der Waals surface area contributed by atoms with Crippen LogP contribution < -0.4 is 0 Å². The maximum absolute atomic E-state index is 5.42. The summed E-state index contributed by atoms with van der Waals surface area (Å²) >= 11 is 10.4. The van der Waals surface area contributed by atoms with Gasteiger partial charge in [-0.1, -0.05) is 11.8 Å². The van der Waals surface area contributed by atoms with Crippen LogP contribution in [-0.4, -0.2) is 19.0 Å². The van der Waals surface area contributed by atoms with Gasteiger partial charge in [0.05, 0.1) is 5.62 Å². The lowest BCUT2D eigenvalue weighted by atomic mass is 11.8. The summed E-state index contributed by atoms with van der Waals surface area (Å²) in [6, 6.07) is -1.05. The van der Waals surface area contributed by atoms with Gasteiger partial charge in [-0.05, 0) is 19.4 Å². The van der Waals surface area contributed by atoms with Gasteiger partial charge in [-0.2, -0.15) is 0 Å². The molecular formula is C3H8ClPS. The minimum atomic E-state index is -1.05. The molecule has 6 heavy (non-hydrogen) atoms. The molecule has 0 radical (unpaired) electrons. The number of hydrogen-bond acceptors (Lipinski definition) is 1. The van der Waals surface area contributed by atoms with Crippen LogP contribution in [0.3, 0.4) is 0 Å². The minimum Gasteiger partial charge on any atom is -0.121 e. The van der Waals surface area contributed by atoms with E-state index in [9.17, 15) is 0 Å². The molecule has 0 aliphatic heterocycles. The predicted molar refractivity (Wildman–Crippen MR) is 36.9 cm³/mol. The predicted octanol–water partition coefficient (Wildman–Crippen LogP) is 1.92. The van der Waals surface area contributed by atoms with Gasteiger partial charge in [0, 0.05) is 0 Å². The Morgan fingerprint density at radius 1 is 1.67 bits per heavy atom. The highest BCUT2D eigenvalue weighted by atomic mass is 35.5. The van der Waals surface area contributed by atoms with Gasteiger partial charge in [-0.15, -0.1) is 11.6 Å². The molecule has 3 heteroatoms. The van der Waals surface area contributed by atoms with Crippen molar-refractivity contribution in [3.8, 4) is 0 Å². The van der Waals surface area contributed by atoms with Crippen LogP contribution in [0.25, 0.3) is 0 Å². The van der Waals surface area contributed by atoms with E-state index in [-0.39, 0.29) is 0 Å². The molecule has 0 rings (SSSR count). The Hall–Kier alpha value is 0.940. The van der Waals surface area contributed by atoms with Crippen molar-refractivity contribution in [2.45, 2.75) is 0 Å². The van der Waals surface area contributed by atoms with Crippen molar-refractivity contribution in [1.82, 2.24) is 0 Å². The summed E-state index contributed by atoms with van der Waals surface area (Å²) < 4.78 is 0. The largest absolute Gasteiger partial charge is 0.121 e. The van der Waals surface area contributed by atoms with Gasteiger partial charge in [0.2, 0.25) is 0 Å².